The number of benzene rings is 1. The summed E-state index contributed by atoms with van der Waals surface area (Å²) in [5.74, 6) is 0.972. The van der Waals surface area contributed by atoms with Crippen LogP contribution in [-0.2, 0) is 12.1 Å². The van der Waals surface area contributed by atoms with E-state index in [0.29, 0.717) is 18.2 Å². The number of likely N-dealkylation sites (tertiary alicyclic amines) is 1. The number of nitrogens with zero attached hydrogens (tertiary/aromatic N) is 1. The molecule has 0 spiro atoms. The molecule has 2 aromatic rings. The van der Waals surface area contributed by atoms with Crippen LogP contribution in [0.4, 0.5) is 0 Å². The Morgan fingerprint density at radius 1 is 1.26 bits per heavy atom. The molecule has 1 aliphatic heterocycles. The summed E-state index contributed by atoms with van der Waals surface area (Å²) < 4.78 is 5.41. The molecule has 120 valence electrons. The fraction of sp³-hybridized carbons (Fsp3) is 0.421. The Morgan fingerprint density at radius 2 is 2.09 bits per heavy atom. The summed E-state index contributed by atoms with van der Waals surface area (Å²) in [7, 11) is 0. The van der Waals surface area contributed by atoms with Gasteiger partial charge in [-0.2, -0.15) is 0 Å². The molecule has 1 saturated heterocycles. The van der Waals surface area contributed by atoms with Gasteiger partial charge >= 0.3 is 0 Å². The minimum absolute atomic E-state index is 0.0793. The minimum Gasteiger partial charge on any atom is -0.502 e. The second-order valence-electron chi connectivity index (χ2n) is 6.71. The van der Waals surface area contributed by atoms with Gasteiger partial charge in [-0.25, -0.2) is 0 Å². The molecule has 1 aliphatic carbocycles. The number of aromatic hydroxyl groups is 1. The van der Waals surface area contributed by atoms with Gasteiger partial charge in [0.25, 0.3) is 0 Å². The summed E-state index contributed by atoms with van der Waals surface area (Å²) in [5, 5.41) is 9.35. The number of fused-ring (bicyclic) bond motifs is 1. The van der Waals surface area contributed by atoms with E-state index in [0.717, 1.165) is 19.2 Å². The molecular formula is C19H21NO3. The third-order valence-corrected chi connectivity index (χ3v) is 5.53. The molecule has 1 N–H and O–H groups in total. The molecule has 0 radical (unpaired) electrons. The van der Waals surface area contributed by atoms with Gasteiger partial charge in [0.1, 0.15) is 12.0 Å². The van der Waals surface area contributed by atoms with Crippen molar-refractivity contribution in [1.82, 2.24) is 4.90 Å². The number of rotatable bonds is 3. The Kier molecular flexibility index (Phi) is 3.49. The van der Waals surface area contributed by atoms with Crippen LogP contribution in [0, 0.1) is 5.92 Å². The van der Waals surface area contributed by atoms with E-state index in [1.54, 1.807) is 0 Å². The Hall–Kier alpha value is -2.07. The average Bonchev–Trinajstić information content (AvgIpc) is 2.57. The molecular weight excluding hydrogens is 290 g/mol. The first kappa shape index (κ1) is 14.5. The van der Waals surface area contributed by atoms with Crippen molar-refractivity contribution in [2.45, 2.75) is 37.8 Å². The summed E-state index contributed by atoms with van der Waals surface area (Å²) in [5.41, 5.74) is 1.08. The van der Waals surface area contributed by atoms with E-state index >= 15 is 0 Å². The van der Waals surface area contributed by atoms with Gasteiger partial charge in [0.15, 0.2) is 5.75 Å². The van der Waals surface area contributed by atoms with Crippen molar-refractivity contribution in [3.63, 3.8) is 0 Å². The molecule has 2 aliphatic rings. The Labute approximate surface area is 135 Å². The van der Waals surface area contributed by atoms with E-state index < -0.39 is 0 Å². The third-order valence-electron chi connectivity index (χ3n) is 5.53. The lowest BCUT2D eigenvalue weighted by atomic mass is 9.61. The molecule has 0 amide bonds. The van der Waals surface area contributed by atoms with E-state index in [-0.39, 0.29) is 16.7 Å². The highest BCUT2D eigenvalue weighted by atomic mass is 16.4. The molecule has 1 aromatic heterocycles. The molecule has 2 fully saturated rings. The Balaban J connectivity index is 1.66. The maximum Gasteiger partial charge on any atom is 0.226 e. The van der Waals surface area contributed by atoms with Crippen LogP contribution in [0.2, 0.25) is 0 Å². The summed E-state index contributed by atoms with van der Waals surface area (Å²) in [4.78, 5) is 14.1. The molecule has 0 bridgehead atoms. The van der Waals surface area contributed by atoms with E-state index in [9.17, 15) is 9.90 Å². The molecule has 0 unspecified atom stereocenters. The predicted molar refractivity (Wildman–Crippen MR) is 87.1 cm³/mol. The zero-order valence-electron chi connectivity index (χ0n) is 13.1. The lowest BCUT2D eigenvalue weighted by Crippen LogP contribution is -2.65. The van der Waals surface area contributed by atoms with Crippen molar-refractivity contribution in [2.75, 3.05) is 6.54 Å². The molecule has 2 heterocycles. The Morgan fingerprint density at radius 3 is 2.83 bits per heavy atom. The van der Waals surface area contributed by atoms with Crippen molar-refractivity contribution >= 4 is 0 Å². The zero-order chi connectivity index (χ0) is 15.9. The molecule has 1 saturated carbocycles. The largest absolute Gasteiger partial charge is 0.502 e. The fourth-order valence-corrected chi connectivity index (χ4v) is 4.41. The minimum atomic E-state index is -0.374. The highest BCUT2D eigenvalue weighted by molar-refractivity contribution is 5.30. The summed E-state index contributed by atoms with van der Waals surface area (Å²) in [6, 6.07) is 12.1. The second kappa shape index (κ2) is 5.53. The van der Waals surface area contributed by atoms with Gasteiger partial charge in [0.2, 0.25) is 5.43 Å². The van der Waals surface area contributed by atoms with Crippen molar-refractivity contribution < 1.29 is 9.52 Å². The number of hydrogen-bond donors (Lipinski definition) is 1. The van der Waals surface area contributed by atoms with Crippen molar-refractivity contribution in [1.29, 1.82) is 0 Å². The first-order valence-corrected chi connectivity index (χ1v) is 8.31. The van der Waals surface area contributed by atoms with E-state index in [4.69, 9.17) is 4.42 Å². The lowest BCUT2D eigenvalue weighted by molar-refractivity contribution is -0.124. The molecule has 4 heteroatoms. The molecule has 4 nitrogen and oxygen atoms in total. The summed E-state index contributed by atoms with van der Waals surface area (Å²) in [6.07, 6.45) is 6.11. The predicted octanol–water partition coefficient (Wildman–Crippen LogP) is 3.25. The summed E-state index contributed by atoms with van der Waals surface area (Å²) >= 11 is 0. The second-order valence-corrected chi connectivity index (χ2v) is 6.71. The topological polar surface area (TPSA) is 53.7 Å². The van der Waals surface area contributed by atoms with Crippen molar-refractivity contribution in [3.8, 4) is 5.75 Å². The van der Waals surface area contributed by atoms with Gasteiger partial charge in [-0.1, -0.05) is 43.2 Å². The maximum atomic E-state index is 11.6. The van der Waals surface area contributed by atoms with Gasteiger partial charge in [-0.05, 0) is 24.3 Å². The lowest BCUT2D eigenvalue weighted by Gasteiger charge is -2.61. The van der Waals surface area contributed by atoms with Crippen LogP contribution in [0.5, 0.6) is 5.75 Å². The van der Waals surface area contributed by atoms with Crippen LogP contribution in [0.1, 0.15) is 37.0 Å². The van der Waals surface area contributed by atoms with Gasteiger partial charge in [-0.3, -0.25) is 9.69 Å². The first-order valence-electron chi connectivity index (χ1n) is 8.31. The highest BCUT2D eigenvalue weighted by Gasteiger charge is 2.54. The monoisotopic (exact) mass is 311 g/mol. The maximum absolute atomic E-state index is 11.6. The molecule has 1 aromatic carbocycles. The van der Waals surface area contributed by atoms with Crippen LogP contribution in [0.15, 0.2) is 51.9 Å². The van der Waals surface area contributed by atoms with Crippen molar-refractivity contribution in [2.24, 2.45) is 5.92 Å². The first-order chi connectivity index (χ1) is 11.2. The summed E-state index contributed by atoms with van der Waals surface area (Å²) in [6.45, 7) is 1.65. The van der Waals surface area contributed by atoms with Crippen LogP contribution < -0.4 is 5.43 Å². The third kappa shape index (κ3) is 2.29. The van der Waals surface area contributed by atoms with E-state index in [2.05, 4.69) is 35.2 Å². The zero-order valence-corrected chi connectivity index (χ0v) is 13.1. The van der Waals surface area contributed by atoms with E-state index in [1.807, 2.05) is 0 Å². The molecule has 2 atom stereocenters. The van der Waals surface area contributed by atoms with Crippen LogP contribution in [0.3, 0.4) is 0 Å². The number of hydrogen-bond acceptors (Lipinski definition) is 4. The van der Waals surface area contributed by atoms with Gasteiger partial charge in [-0.15, -0.1) is 0 Å². The average molecular weight is 311 g/mol. The fourth-order valence-electron chi connectivity index (χ4n) is 4.41. The molecule has 23 heavy (non-hydrogen) atoms. The highest BCUT2D eigenvalue weighted by Crippen LogP contribution is 2.54. The van der Waals surface area contributed by atoms with E-state index in [1.165, 1.54) is 30.9 Å². The quantitative estimate of drug-likeness (QED) is 0.945. The van der Waals surface area contributed by atoms with Crippen LogP contribution in [0.25, 0.3) is 0 Å². The standard InChI is InChI=1S/C19H21NO3/c21-17-10-16(23-13-18(17)22)12-20-11-15-8-4-5-9-19(15,20)14-6-2-1-3-7-14/h1-3,6-7,10,13,15,22H,4-5,8-9,11-12H2/t15-,19+/m1/s1. The Bertz CT molecular complexity index is 755. The molecule has 4 rings (SSSR count). The van der Waals surface area contributed by atoms with Crippen LogP contribution >= 0.6 is 0 Å². The van der Waals surface area contributed by atoms with Crippen LogP contribution in [-0.4, -0.2) is 16.6 Å². The van der Waals surface area contributed by atoms with Gasteiger partial charge < -0.3 is 9.52 Å². The van der Waals surface area contributed by atoms with Gasteiger partial charge in [0, 0.05) is 12.6 Å². The smallest absolute Gasteiger partial charge is 0.226 e. The normalized spacial score (nSPS) is 27.2. The van der Waals surface area contributed by atoms with Crippen molar-refractivity contribution in [3.05, 3.63) is 64.2 Å². The van der Waals surface area contributed by atoms with Gasteiger partial charge in [0.05, 0.1) is 12.1 Å². The SMILES string of the molecule is O=c1cc(CN2C[C@H]3CCCC[C@]32c2ccccc2)occ1O.